The fraction of sp³-hybridized carbons (Fsp3) is 0.429. The van der Waals surface area contributed by atoms with E-state index in [0.29, 0.717) is 17.9 Å². The van der Waals surface area contributed by atoms with Crippen molar-refractivity contribution in [3.05, 3.63) is 23.8 Å². The Morgan fingerprint density at radius 2 is 2.19 bits per heavy atom. The van der Waals surface area contributed by atoms with E-state index in [1.807, 2.05) is 6.26 Å². The van der Waals surface area contributed by atoms with Gasteiger partial charge in [0.05, 0.1) is 17.6 Å². The average molecular weight is 329 g/mol. The molecule has 0 radical (unpaired) electrons. The van der Waals surface area contributed by atoms with Crippen molar-refractivity contribution in [3.8, 4) is 17.6 Å². The van der Waals surface area contributed by atoms with Crippen molar-refractivity contribution < 1.29 is 18.3 Å². The Morgan fingerprint density at radius 3 is 2.81 bits per heavy atom. The molecule has 0 aromatic heterocycles. The van der Waals surface area contributed by atoms with Crippen molar-refractivity contribution in [1.29, 1.82) is 0 Å². The highest BCUT2D eigenvalue weighted by molar-refractivity contribution is 7.98. The first kappa shape index (κ1) is 17.9. The van der Waals surface area contributed by atoms with Gasteiger partial charge in [0.25, 0.3) is 0 Å². The molecule has 0 aliphatic carbocycles. The molecule has 0 heterocycles. The summed E-state index contributed by atoms with van der Waals surface area (Å²) in [6.45, 7) is 0.0971. The predicted molar refractivity (Wildman–Crippen MR) is 85.1 cm³/mol. The molecule has 0 aliphatic heterocycles. The predicted octanol–water partition coefficient (Wildman–Crippen LogP) is 1.07. The van der Waals surface area contributed by atoms with Gasteiger partial charge in [-0.25, -0.2) is 13.1 Å². The molecule has 1 aromatic rings. The van der Waals surface area contributed by atoms with E-state index in [9.17, 15) is 8.42 Å². The Labute approximate surface area is 130 Å². The molecular formula is C14H19NO4S2. The van der Waals surface area contributed by atoms with Crippen molar-refractivity contribution in [2.24, 2.45) is 0 Å². The van der Waals surface area contributed by atoms with Gasteiger partial charge in [-0.1, -0.05) is 11.8 Å². The SMILES string of the molecule is COc1ccc(S(=O)(=O)NCCCSC)cc1C#CCO. The van der Waals surface area contributed by atoms with Gasteiger partial charge < -0.3 is 9.84 Å². The van der Waals surface area contributed by atoms with Gasteiger partial charge in [0.2, 0.25) is 10.0 Å². The van der Waals surface area contributed by atoms with Crippen LogP contribution in [0, 0.1) is 11.8 Å². The van der Waals surface area contributed by atoms with Gasteiger partial charge in [-0.3, -0.25) is 0 Å². The topological polar surface area (TPSA) is 75.6 Å². The first-order chi connectivity index (χ1) is 10.0. The molecule has 0 spiro atoms. The smallest absolute Gasteiger partial charge is 0.240 e. The summed E-state index contributed by atoms with van der Waals surface area (Å²) in [5, 5.41) is 8.74. The lowest BCUT2D eigenvalue weighted by Gasteiger charge is -2.09. The second-order valence-corrected chi connectivity index (χ2v) is 6.82. The van der Waals surface area contributed by atoms with Gasteiger partial charge in [0, 0.05) is 6.54 Å². The van der Waals surface area contributed by atoms with Crippen molar-refractivity contribution in [2.45, 2.75) is 11.3 Å². The van der Waals surface area contributed by atoms with Crippen LogP contribution in [0.5, 0.6) is 5.75 Å². The lowest BCUT2D eigenvalue weighted by atomic mass is 10.2. The highest BCUT2D eigenvalue weighted by atomic mass is 32.2. The minimum atomic E-state index is -3.56. The summed E-state index contributed by atoms with van der Waals surface area (Å²) < 4.78 is 32.0. The number of hydrogen-bond acceptors (Lipinski definition) is 5. The van der Waals surface area contributed by atoms with Gasteiger partial charge in [-0.15, -0.1) is 0 Å². The van der Waals surface area contributed by atoms with E-state index < -0.39 is 10.0 Å². The number of hydrogen-bond donors (Lipinski definition) is 2. The van der Waals surface area contributed by atoms with Crippen molar-refractivity contribution in [3.63, 3.8) is 0 Å². The largest absolute Gasteiger partial charge is 0.495 e. The van der Waals surface area contributed by atoms with Gasteiger partial charge in [-0.2, -0.15) is 11.8 Å². The molecule has 2 N–H and O–H groups in total. The van der Waals surface area contributed by atoms with E-state index in [1.54, 1.807) is 17.8 Å². The quantitative estimate of drug-likeness (QED) is 0.578. The summed E-state index contributed by atoms with van der Waals surface area (Å²) in [5.41, 5.74) is 0.429. The standard InChI is InChI=1S/C14H19NO4S2/c1-19-14-7-6-13(11-12(14)5-3-9-16)21(17,18)15-8-4-10-20-2/h6-7,11,15-16H,4,8-10H2,1-2H3. The van der Waals surface area contributed by atoms with Gasteiger partial charge in [0.15, 0.2) is 0 Å². The van der Waals surface area contributed by atoms with Crippen LogP contribution in [0.15, 0.2) is 23.1 Å². The lowest BCUT2D eigenvalue weighted by molar-refractivity contribution is 0.350. The van der Waals surface area contributed by atoms with E-state index in [2.05, 4.69) is 16.6 Å². The van der Waals surface area contributed by atoms with Crippen LogP contribution in [0.2, 0.25) is 0 Å². The fourth-order valence-electron chi connectivity index (χ4n) is 1.59. The molecule has 0 atom stereocenters. The second kappa shape index (κ2) is 8.95. The molecule has 7 heteroatoms. The molecular weight excluding hydrogens is 310 g/mol. The second-order valence-electron chi connectivity index (χ2n) is 4.07. The Balaban J connectivity index is 2.96. The third-order valence-electron chi connectivity index (χ3n) is 2.60. The number of sulfonamides is 1. The minimum absolute atomic E-state index is 0.134. The number of benzene rings is 1. The molecule has 1 aromatic carbocycles. The third kappa shape index (κ3) is 5.59. The van der Waals surface area contributed by atoms with E-state index in [0.717, 1.165) is 12.2 Å². The van der Waals surface area contributed by atoms with Crippen molar-refractivity contribution in [1.82, 2.24) is 4.72 Å². The van der Waals surface area contributed by atoms with Crippen LogP contribution in [0.4, 0.5) is 0 Å². The highest BCUT2D eigenvalue weighted by Gasteiger charge is 2.15. The fourth-order valence-corrected chi connectivity index (χ4v) is 3.13. The van der Waals surface area contributed by atoms with E-state index in [1.165, 1.54) is 19.2 Å². The summed E-state index contributed by atoms with van der Waals surface area (Å²) in [6, 6.07) is 4.47. The molecule has 116 valence electrons. The summed E-state index contributed by atoms with van der Waals surface area (Å²) >= 11 is 1.67. The number of aliphatic hydroxyl groups excluding tert-OH is 1. The maximum atomic E-state index is 12.2. The summed E-state index contributed by atoms with van der Waals surface area (Å²) in [5.74, 6) is 6.54. The monoisotopic (exact) mass is 329 g/mol. The summed E-state index contributed by atoms with van der Waals surface area (Å²) in [7, 11) is -2.08. The van der Waals surface area contributed by atoms with Crippen molar-refractivity contribution >= 4 is 21.8 Å². The van der Waals surface area contributed by atoms with Crippen LogP contribution in [0.25, 0.3) is 0 Å². The zero-order chi connectivity index (χ0) is 15.7. The van der Waals surface area contributed by atoms with E-state index >= 15 is 0 Å². The molecule has 0 bridgehead atoms. The molecule has 0 saturated carbocycles. The summed E-state index contributed by atoms with van der Waals surface area (Å²) in [6.07, 6.45) is 2.75. The highest BCUT2D eigenvalue weighted by Crippen LogP contribution is 2.21. The molecule has 5 nitrogen and oxygen atoms in total. The normalized spacial score (nSPS) is 10.8. The number of rotatable bonds is 7. The van der Waals surface area contributed by atoms with Crippen LogP contribution < -0.4 is 9.46 Å². The third-order valence-corrected chi connectivity index (χ3v) is 4.76. The molecule has 0 amide bonds. The first-order valence-electron chi connectivity index (χ1n) is 6.31. The number of thioether (sulfide) groups is 1. The van der Waals surface area contributed by atoms with Gasteiger partial charge >= 0.3 is 0 Å². The van der Waals surface area contributed by atoms with Crippen LogP contribution in [-0.4, -0.2) is 45.8 Å². The average Bonchev–Trinajstić information content (AvgIpc) is 2.49. The van der Waals surface area contributed by atoms with Crippen LogP contribution in [-0.2, 0) is 10.0 Å². The number of ether oxygens (including phenoxy) is 1. The Bertz CT molecular complexity index is 618. The minimum Gasteiger partial charge on any atom is -0.495 e. The summed E-state index contributed by atoms with van der Waals surface area (Å²) in [4.78, 5) is 0.134. The number of aliphatic hydroxyl groups is 1. The van der Waals surface area contributed by atoms with Gasteiger partial charge in [-0.05, 0) is 36.6 Å². The number of nitrogens with one attached hydrogen (secondary N) is 1. The van der Waals surface area contributed by atoms with Gasteiger partial charge in [0.1, 0.15) is 12.4 Å². The van der Waals surface area contributed by atoms with Crippen LogP contribution in [0.3, 0.4) is 0 Å². The molecule has 0 saturated heterocycles. The maximum Gasteiger partial charge on any atom is 0.240 e. The molecule has 0 unspecified atom stereocenters. The van der Waals surface area contributed by atoms with Crippen LogP contribution >= 0.6 is 11.8 Å². The Morgan fingerprint density at radius 1 is 1.43 bits per heavy atom. The molecule has 21 heavy (non-hydrogen) atoms. The Kier molecular flexibility index (Phi) is 7.61. The molecule has 0 aliphatic rings. The first-order valence-corrected chi connectivity index (χ1v) is 9.19. The molecule has 1 rings (SSSR count). The maximum absolute atomic E-state index is 12.2. The molecule has 0 fully saturated rings. The van der Waals surface area contributed by atoms with Crippen LogP contribution in [0.1, 0.15) is 12.0 Å². The van der Waals surface area contributed by atoms with E-state index in [4.69, 9.17) is 9.84 Å². The lowest BCUT2D eigenvalue weighted by Crippen LogP contribution is -2.25. The van der Waals surface area contributed by atoms with E-state index in [-0.39, 0.29) is 11.5 Å². The zero-order valence-corrected chi connectivity index (χ0v) is 13.7. The zero-order valence-electron chi connectivity index (χ0n) is 12.0. The Hall–Kier alpha value is -1.20. The van der Waals surface area contributed by atoms with Crippen molar-refractivity contribution in [2.75, 3.05) is 32.3 Å². The number of methoxy groups -OCH3 is 1.